The fourth-order valence-corrected chi connectivity index (χ4v) is 1.76. The Labute approximate surface area is 110 Å². The number of aromatic nitrogens is 1. The van der Waals surface area contributed by atoms with Crippen LogP contribution in [0.4, 0.5) is 5.69 Å². The van der Waals surface area contributed by atoms with Crippen LogP contribution in [0.3, 0.4) is 0 Å². The first kappa shape index (κ1) is 14.5. The van der Waals surface area contributed by atoms with E-state index in [1.807, 2.05) is 12.1 Å². The average molecular weight is 246 g/mol. The number of anilines is 1. The van der Waals surface area contributed by atoms with Gasteiger partial charge in [-0.05, 0) is 32.1 Å². The lowest BCUT2D eigenvalue weighted by Crippen LogP contribution is -2.34. The summed E-state index contributed by atoms with van der Waals surface area (Å²) in [6.45, 7) is 7.35. The number of nitrogens with zero attached hydrogens (tertiary/aromatic N) is 4. The molecule has 0 aromatic carbocycles. The molecule has 0 aliphatic rings. The molecule has 0 unspecified atom stereocenters. The number of likely N-dealkylation sites (N-methyl/N-ethyl adjacent to an activating group) is 1. The van der Waals surface area contributed by atoms with Gasteiger partial charge in [0.05, 0.1) is 0 Å². The highest BCUT2D eigenvalue weighted by Gasteiger charge is 2.09. The van der Waals surface area contributed by atoms with Crippen LogP contribution in [0, 0.1) is 17.2 Å². The molecule has 0 spiro atoms. The molecule has 0 saturated heterocycles. The van der Waals surface area contributed by atoms with Crippen LogP contribution in [0.25, 0.3) is 0 Å². The minimum Gasteiger partial charge on any atom is -0.370 e. The van der Waals surface area contributed by atoms with E-state index in [0.29, 0.717) is 11.6 Å². The first-order valence-electron chi connectivity index (χ1n) is 6.28. The summed E-state index contributed by atoms with van der Waals surface area (Å²) in [6, 6.07) is 5.92. The van der Waals surface area contributed by atoms with Gasteiger partial charge in [0.2, 0.25) is 0 Å². The summed E-state index contributed by atoms with van der Waals surface area (Å²) in [5.41, 5.74) is 1.56. The lowest BCUT2D eigenvalue weighted by atomic mass is 10.2. The van der Waals surface area contributed by atoms with E-state index in [1.54, 1.807) is 6.20 Å². The quantitative estimate of drug-likeness (QED) is 0.770. The third-order valence-electron chi connectivity index (χ3n) is 2.63. The third-order valence-corrected chi connectivity index (χ3v) is 2.63. The van der Waals surface area contributed by atoms with Crippen LogP contribution in [0.1, 0.15) is 19.5 Å². The maximum Gasteiger partial charge on any atom is 0.142 e. The van der Waals surface area contributed by atoms with E-state index >= 15 is 0 Å². The van der Waals surface area contributed by atoms with E-state index in [0.717, 1.165) is 25.3 Å². The zero-order valence-electron chi connectivity index (χ0n) is 11.7. The summed E-state index contributed by atoms with van der Waals surface area (Å²) in [5.74, 6) is 0.589. The van der Waals surface area contributed by atoms with Gasteiger partial charge in [0.15, 0.2) is 0 Å². The van der Waals surface area contributed by atoms with Crippen molar-refractivity contribution in [2.75, 3.05) is 38.6 Å². The van der Waals surface area contributed by atoms with E-state index in [-0.39, 0.29) is 0 Å². The second-order valence-corrected chi connectivity index (χ2v) is 5.15. The SMILES string of the molecule is CC(C)CN(CCN(C)C)c1ccnc(C#N)c1. The van der Waals surface area contributed by atoms with Crippen molar-refractivity contribution in [2.45, 2.75) is 13.8 Å². The second kappa shape index (κ2) is 6.97. The van der Waals surface area contributed by atoms with Crippen molar-refractivity contribution in [1.29, 1.82) is 5.26 Å². The van der Waals surface area contributed by atoms with E-state index in [9.17, 15) is 0 Å². The van der Waals surface area contributed by atoms with Gasteiger partial charge in [-0.1, -0.05) is 13.8 Å². The van der Waals surface area contributed by atoms with Gasteiger partial charge >= 0.3 is 0 Å². The Hall–Kier alpha value is -1.60. The summed E-state index contributed by atoms with van der Waals surface area (Å²) in [7, 11) is 4.14. The Kier molecular flexibility index (Phi) is 5.60. The molecule has 4 nitrogen and oxygen atoms in total. The van der Waals surface area contributed by atoms with Crippen molar-refractivity contribution in [2.24, 2.45) is 5.92 Å². The highest BCUT2D eigenvalue weighted by molar-refractivity contribution is 5.48. The molecule has 0 fully saturated rings. The molecule has 0 amide bonds. The first-order chi connectivity index (χ1) is 8.52. The summed E-state index contributed by atoms with van der Waals surface area (Å²) in [6.07, 6.45) is 1.71. The minimum atomic E-state index is 0.478. The van der Waals surface area contributed by atoms with Crippen molar-refractivity contribution >= 4 is 5.69 Å². The number of rotatable bonds is 6. The van der Waals surface area contributed by atoms with Crippen LogP contribution < -0.4 is 4.90 Å². The lowest BCUT2D eigenvalue weighted by Gasteiger charge is -2.28. The van der Waals surface area contributed by atoms with Crippen LogP contribution in [0.5, 0.6) is 0 Å². The zero-order chi connectivity index (χ0) is 13.5. The molecule has 0 aliphatic heterocycles. The summed E-state index contributed by atoms with van der Waals surface area (Å²) < 4.78 is 0. The standard InChI is InChI=1S/C14H22N4/c1-12(2)11-18(8-7-17(3)4)14-5-6-16-13(9-14)10-15/h5-6,9,12H,7-8,11H2,1-4H3. The molecule has 1 aromatic rings. The van der Waals surface area contributed by atoms with Crippen molar-refractivity contribution in [3.05, 3.63) is 24.0 Å². The molecule has 0 saturated carbocycles. The number of pyridine rings is 1. The van der Waals surface area contributed by atoms with Gasteiger partial charge in [0, 0.05) is 31.5 Å². The average Bonchev–Trinajstić information content (AvgIpc) is 2.34. The molecule has 1 rings (SSSR count). The molecule has 1 aromatic heterocycles. The van der Waals surface area contributed by atoms with Gasteiger partial charge in [-0.3, -0.25) is 0 Å². The minimum absolute atomic E-state index is 0.478. The van der Waals surface area contributed by atoms with Gasteiger partial charge in [0.1, 0.15) is 11.8 Å². The summed E-state index contributed by atoms with van der Waals surface area (Å²) in [4.78, 5) is 8.50. The molecule has 0 radical (unpaired) electrons. The number of nitriles is 1. The Morgan fingerprint density at radius 3 is 2.61 bits per heavy atom. The molecule has 0 aliphatic carbocycles. The van der Waals surface area contributed by atoms with Crippen LogP contribution in [-0.2, 0) is 0 Å². The third kappa shape index (κ3) is 4.72. The topological polar surface area (TPSA) is 43.2 Å². The van der Waals surface area contributed by atoms with Gasteiger partial charge in [0.25, 0.3) is 0 Å². The smallest absolute Gasteiger partial charge is 0.142 e. The molecule has 98 valence electrons. The predicted octanol–water partition coefficient (Wildman–Crippen LogP) is 1.98. The van der Waals surface area contributed by atoms with Crippen LogP contribution in [-0.4, -0.2) is 43.6 Å². The molecule has 0 atom stereocenters. The van der Waals surface area contributed by atoms with Crippen molar-refractivity contribution in [3.63, 3.8) is 0 Å². The molecule has 18 heavy (non-hydrogen) atoms. The van der Waals surface area contributed by atoms with E-state index in [1.165, 1.54) is 0 Å². The van der Waals surface area contributed by atoms with E-state index in [4.69, 9.17) is 5.26 Å². The molecule has 4 heteroatoms. The highest BCUT2D eigenvalue weighted by Crippen LogP contribution is 2.15. The van der Waals surface area contributed by atoms with Gasteiger partial charge in [-0.2, -0.15) is 5.26 Å². The van der Waals surface area contributed by atoms with Crippen LogP contribution in [0.15, 0.2) is 18.3 Å². The lowest BCUT2D eigenvalue weighted by molar-refractivity contribution is 0.409. The second-order valence-electron chi connectivity index (χ2n) is 5.15. The van der Waals surface area contributed by atoms with Gasteiger partial charge in [-0.25, -0.2) is 4.98 Å². The summed E-state index contributed by atoms with van der Waals surface area (Å²) in [5, 5.41) is 8.90. The van der Waals surface area contributed by atoms with E-state index in [2.05, 4.69) is 48.8 Å². The molecular formula is C14H22N4. The molecule has 0 bridgehead atoms. The highest BCUT2D eigenvalue weighted by atomic mass is 15.2. The summed E-state index contributed by atoms with van der Waals surface area (Å²) >= 11 is 0. The van der Waals surface area contributed by atoms with Gasteiger partial charge < -0.3 is 9.80 Å². The number of hydrogen-bond donors (Lipinski definition) is 0. The zero-order valence-corrected chi connectivity index (χ0v) is 11.7. The monoisotopic (exact) mass is 246 g/mol. The Bertz CT molecular complexity index is 407. The normalized spacial score (nSPS) is 10.7. The Balaban J connectivity index is 2.83. The number of hydrogen-bond acceptors (Lipinski definition) is 4. The fraction of sp³-hybridized carbons (Fsp3) is 0.571. The Morgan fingerprint density at radius 2 is 2.06 bits per heavy atom. The predicted molar refractivity (Wildman–Crippen MR) is 74.6 cm³/mol. The van der Waals surface area contributed by atoms with Crippen LogP contribution in [0.2, 0.25) is 0 Å². The van der Waals surface area contributed by atoms with Gasteiger partial charge in [-0.15, -0.1) is 0 Å². The van der Waals surface area contributed by atoms with Crippen molar-refractivity contribution in [1.82, 2.24) is 9.88 Å². The first-order valence-corrected chi connectivity index (χ1v) is 6.28. The van der Waals surface area contributed by atoms with Crippen molar-refractivity contribution < 1.29 is 0 Å². The van der Waals surface area contributed by atoms with Crippen LogP contribution >= 0.6 is 0 Å². The maximum absolute atomic E-state index is 8.90. The maximum atomic E-state index is 8.90. The fourth-order valence-electron chi connectivity index (χ4n) is 1.76. The Morgan fingerprint density at radius 1 is 1.33 bits per heavy atom. The van der Waals surface area contributed by atoms with Crippen molar-refractivity contribution in [3.8, 4) is 6.07 Å². The largest absolute Gasteiger partial charge is 0.370 e. The molecule has 0 N–H and O–H groups in total. The molecular weight excluding hydrogens is 224 g/mol. The molecule has 1 heterocycles. The van der Waals surface area contributed by atoms with E-state index < -0.39 is 0 Å².